The smallest absolute Gasteiger partial charge is 0.305 e. The molecule has 57 heavy (non-hydrogen) atoms. The summed E-state index contributed by atoms with van der Waals surface area (Å²) >= 11 is 0. The average Bonchev–Trinajstić information content (AvgIpc) is 3.13. The lowest BCUT2D eigenvalue weighted by Gasteiger charge is -2.85. The predicted octanol–water partition coefficient (Wildman–Crippen LogP) is 9.69. The molecule has 0 saturated heterocycles. The van der Waals surface area contributed by atoms with Crippen LogP contribution >= 0.6 is 7.82 Å². The largest absolute Gasteiger partial charge is 0.756 e. The fourth-order valence-electron chi connectivity index (χ4n) is 15.7. The van der Waals surface area contributed by atoms with Crippen molar-refractivity contribution in [3.63, 3.8) is 0 Å². The molecule has 0 aromatic heterocycles. The van der Waals surface area contributed by atoms with Gasteiger partial charge in [-0.3, -0.25) is 9.36 Å². The Hall–Kier alpha value is -0.500. The monoisotopic (exact) mass is 814 g/mol. The molecule has 9 aliphatic rings. The summed E-state index contributed by atoms with van der Waals surface area (Å²) in [5.74, 6) is 17.8. The predicted molar refractivity (Wildman–Crippen MR) is 221 cm³/mol. The molecule has 9 fully saturated rings. The van der Waals surface area contributed by atoms with Crippen LogP contribution in [0.4, 0.5) is 0 Å². The molecule has 0 aliphatic heterocycles. The van der Waals surface area contributed by atoms with Crippen LogP contribution in [-0.4, -0.2) is 70.7 Å². The number of nitrogens with zero attached hydrogens (tertiary/aromatic N) is 1. The van der Waals surface area contributed by atoms with Crippen molar-refractivity contribution in [3.05, 3.63) is 0 Å². The number of esters is 1. The Kier molecular flexibility index (Phi) is 13.0. The molecule has 9 heteroatoms. The summed E-state index contributed by atoms with van der Waals surface area (Å²) in [6.45, 7) is 0.878. The van der Waals surface area contributed by atoms with Gasteiger partial charge in [-0.25, -0.2) is 0 Å². The molecule has 0 spiro atoms. The Morgan fingerprint density at radius 2 is 1.18 bits per heavy atom. The van der Waals surface area contributed by atoms with Crippen LogP contribution in [0.15, 0.2) is 0 Å². The summed E-state index contributed by atoms with van der Waals surface area (Å²) in [5.41, 5.74) is 0. The van der Waals surface area contributed by atoms with Crippen molar-refractivity contribution in [3.8, 4) is 0 Å². The molecular formula is C48H80NO7P. The van der Waals surface area contributed by atoms with Crippen molar-refractivity contribution < 1.29 is 37.3 Å². The van der Waals surface area contributed by atoms with Crippen LogP contribution in [0.25, 0.3) is 0 Å². The Labute approximate surface area is 346 Å². The maximum Gasteiger partial charge on any atom is 0.305 e. The maximum atomic E-state index is 12.7. The van der Waals surface area contributed by atoms with Crippen molar-refractivity contribution in [2.24, 2.45) is 94.7 Å². The lowest BCUT2D eigenvalue weighted by Crippen LogP contribution is -2.80. The second-order valence-corrected chi connectivity index (χ2v) is 23.9. The lowest BCUT2D eigenvalue weighted by atomic mass is 9.20. The maximum absolute atomic E-state index is 12.7. The number of carbonyl (C=O) groups is 1. The Morgan fingerprint density at radius 3 is 1.89 bits per heavy atom. The third kappa shape index (κ3) is 8.65. The van der Waals surface area contributed by atoms with E-state index in [0.717, 1.165) is 109 Å². The number of fused-ring (bicyclic) bond motifs is 17. The van der Waals surface area contributed by atoms with Crippen LogP contribution in [0.3, 0.4) is 0 Å². The van der Waals surface area contributed by atoms with Gasteiger partial charge in [0.2, 0.25) is 0 Å². The van der Waals surface area contributed by atoms with E-state index < -0.39 is 13.9 Å². The van der Waals surface area contributed by atoms with Crippen LogP contribution in [-0.2, 0) is 27.9 Å². The number of hydrogen-bond acceptors (Lipinski definition) is 7. The van der Waals surface area contributed by atoms with Crippen molar-refractivity contribution >= 4 is 13.8 Å². The quantitative estimate of drug-likeness (QED) is 0.0268. The van der Waals surface area contributed by atoms with Crippen molar-refractivity contribution in [1.29, 1.82) is 0 Å². The number of unbranched alkanes of at least 4 members (excludes halogenated alkanes) is 9. The normalized spacial score (nSPS) is 42.5. The van der Waals surface area contributed by atoms with Crippen LogP contribution in [0, 0.1) is 94.7 Å². The summed E-state index contributed by atoms with van der Waals surface area (Å²) in [6.07, 6.45) is 27.8. The fraction of sp³-hybridized carbons (Fsp3) is 0.979. The van der Waals surface area contributed by atoms with E-state index in [9.17, 15) is 14.3 Å². The number of rotatable bonds is 27. The molecule has 9 rings (SSSR count). The van der Waals surface area contributed by atoms with Crippen molar-refractivity contribution in [2.75, 3.05) is 54.1 Å². The molecule has 0 heterocycles. The highest BCUT2D eigenvalue weighted by molar-refractivity contribution is 7.45. The molecular weight excluding hydrogens is 734 g/mol. The summed E-state index contributed by atoms with van der Waals surface area (Å²) in [5, 5.41) is 0. The Morgan fingerprint density at radius 1 is 0.596 bits per heavy atom. The number of likely N-dealkylation sites (N-methyl/N-ethyl adjacent to an activating group) is 1. The SMILES string of the molecule is C[N+](C)(C)CCOP(=O)([O-])OC[C@@H](COC(=O)CCCCCCC[C@@H]1C[C@H]2[C@@H]3[C@H]4[C@@H]5CC[C@@H]5[C@H]4[C@@H]3[C@@H]12)OCCCCCCCC[C@@H]1CC[C@H]2[C@@H](C1)[C@@H]1[C@H]3CC[C@H]3[C@H]21. The van der Waals surface area contributed by atoms with Gasteiger partial charge >= 0.3 is 5.97 Å². The van der Waals surface area contributed by atoms with E-state index >= 15 is 0 Å². The van der Waals surface area contributed by atoms with Crippen LogP contribution in [0.1, 0.15) is 141 Å². The molecule has 0 bridgehead atoms. The van der Waals surface area contributed by atoms with E-state index in [0.29, 0.717) is 24.1 Å². The van der Waals surface area contributed by atoms with E-state index in [4.69, 9.17) is 18.5 Å². The molecule has 18 atom stereocenters. The topological polar surface area (TPSA) is 94.1 Å². The Bertz CT molecular complexity index is 1410. The first-order valence-electron chi connectivity index (χ1n) is 24.8. The minimum absolute atomic E-state index is 0.00245. The van der Waals surface area contributed by atoms with Gasteiger partial charge in [-0.2, -0.15) is 0 Å². The number of phosphoric ester groups is 1. The van der Waals surface area contributed by atoms with E-state index in [1.54, 1.807) is 32.1 Å². The highest BCUT2D eigenvalue weighted by Gasteiger charge is 2.79. The van der Waals surface area contributed by atoms with Gasteiger partial charge in [0, 0.05) is 13.0 Å². The van der Waals surface area contributed by atoms with Crippen molar-refractivity contribution in [2.45, 2.75) is 147 Å². The van der Waals surface area contributed by atoms with Gasteiger partial charge in [0.15, 0.2) is 0 Å². The van der Waals surface area contributed by atoms with E-state index in [-0.39, 0.29) is 25.8 Å². The zero-order chi connectivity index (χ0) is 39.3. The first kappa shape index (κ1) is 41.8. The van der Waals surface area contributed by atoms with Gasteiger partial charge in [-0.15, -0.1) is 0 Å². The van der Waals surface area contributed by atoms with Gasteiger partial charge in [0.25, 0.3) is 7.82 Å². The average molecular weight is 814 g/mol. The minimum Gasteiger partial charge on any atom is -0.756 e. The third-order valence-electron chi connectivity index (χ3n) is 18.7. The van der Waals surface area contributed by atoms with Gasteiger partial charge in [-0.1, -0.05) is 77.0 Å². The third-order valence-corrected chi connectivity index (χ3v) is 19.7. The van der Waals surface area contributed by atoms with Crippen LogP contribution in [0.5, 0.6) is 0 Å². The molecule has 0 N–H and O–H groups in total. The number of carbonyl (C=O) groups excluding carboxylic acids is 1. The minimum atomic E-state index is -4.49. The highest BCUT2D eigenvalue weighted by atomic mass is 31.2. The lowest BCUT2D eigenvalue weighted by molar-refractivity contribution is -0.870. The molecule has 9 saturated carbocycles. The van der Waals surface area contributed by atoms with Crippen molar-refractivity contribution in [1.82, 2.24) is 0 Å². The zero-order valence-electron chi connectivity index (χ0n) is 36.2. The number of quaternary nitrogens is 1. The van der Waals surface area contributed by atoms with Gasteiger partial charge < -0.3 is 27.9 Å². The molecule has 0 radical (unpaired) electrons. The fourth-order valence-corrected chi connectivity index (χ4v) is 16.4. The summed E-state index contributed by atoms with van der Waals surface area (Å²) in [4.78, 5) is 25.2. The molecule has 8 nitrogen and oxygen atoms in total. The summed E-state index contributed by atoms with van der Waals surface area (Å²) in [6, 6.07) is 0. The standard InChI is InChI=1S/C48H80NO7P/c1-49(2,3)24-26-55-57(51,52)56-30-33(53-25-14-10-5-4-7-11-15-31-18-19-38-39(27-31)44-35-21-20-34(35)43(38)44)29-54-41(50)17-13-9-6-8-12-16-32-28-40-42(32)48-46-37-23-22-36(37)45(46)47(40)48/h31-40,42-48H,4-30H2,1-3H3/t31-,32-,33-,34-,35+,36-,37+,38+,39-,40-,42+,43-,44+,45+,46-,47-,48+/m1/s1. The van der Waals surface area contributed by atoms with Gasteiger partial charge in [-0.05, 0) is 152 Å². The summed E-state index contributed by atoms with van der Waals surface area (Å²) < 4.78 is 35.1. The van der Waals surface area contributed by atoms with E-state index in [2.05, 4.69) is 0 Å². The zero-order valence-corrected chi connectivity index (χ0v) is 37.1. The molecule has 1 unspecified atom stereocenters. The van der Waals surface area contributed by atoms with Crippen LogP contribution < -0.4 is 4.89 Å². The second-order valence-electron chi connectivity index (χ2n) is 22.5. The van der Waals surface area contributed by atoms with E-state index in [1.165, 1.54) is 88.9 Å². The van der Waals surface area contributed by atoms with Gasteiger partial charge in [0.1, 0.15) is 25.9 Å². The molecule has 0 amide bonds. The summed E-state index contributed by atoms with van der Waals surface area (Å²) in [7, 11) is 1.46. The number of hydrogen-bond donors (Lipinski definition) is 0. The second kappa shape index (κ2) is 17.7. The Balaban J connectivity index is 0.603. The molecule has 324 valence electrons. The first-order chi connectivity index (χ1) is 27.6. The van der Waals surface area contributed by atoms with Crippen LogP contribution in [0.2, 0.25) is 0 Å². The van der Waals surface area contributed by atoms with E-state index in [1.807, 2.05) is 21.1 Å². The first-order valence-corrected chi connectivity index (χ1v) is 26.2. The number of phosphoric acid groups is 1. The van der Waals surface area contributed by atoms with Gasteiger partial charge in [0.05, 0.1) is 27.7 Å². The molecule has 9 aliphatic carbocycles. The molecule has 0 aromatic rings. The highest BCUT2D eigenvalue weighted by Crippen LogP contribution is 2.84. The molecule has 0 aromatic carbocycles. The number of ether oxygens (including phenoxy) is 2.